The van der Waals surface area contributed by atoms with Crippen LogP contribution in [0.1, 0.15) is 38.7 Å². The number of halogens is 2. The normalized spacial score (nSPS) is 15.3. The zero-order chi connectivity index (χ0) is 21.2. The minimum Gasteiger partial charge on any atom is -0.439 e. The Morgan fingerprint density at radius 3 is 2.68 bits per heavy atom. The maximum absolute atomic E-state index is 13.3. The quantitative estimate of drug-likeness (QED) is 0.292. The monoisotopic (exact) mass is 541 g/mol. The summed E-state index contributed by atoms with van der Waals surface area (Å²) in [7, 11) is 0. The molecule has 8 heteroatoms. The van der Waals surface area contributed by atoms with Crippen LogP contribution in [0.4, 0.5) is 4.39 Å². The van der Waals surface area contributed by atoms with Crippen molar-refractivity contribution in [1.29, 1.82) is 0 Å². The van der Waals surface area contributed by atoms with Gasteiger partial charge in [0.1, 0.15) is 11.6 Å². The van der Waals surface area contributed by atoms with Gasteiger partial charge in [-0.15, -0.1) is 24.0 Å². The van der Waals surface area contributed by atoms with E-state index in [0.717, 1.165) is 44.0 Å². The van der Waals surface area contributed by atoms with Gasteiger partial charge in [0.05, 0.1) is 6.54 Å². The van der Waals surface area contributed by atoms with Gasteiger partial charge >= 0.3 is 0 Å². The predicted molar refractivity (Wildman–Crippen MR) is 134 cm³/mol. The molecule has 0 amide bonds. The van der Waals surface area contributed by atoms with Crippen molar-refractivity contribution in [1.82, 2.24) is 20.5 Å². The van der Waals surface area contributed by atoms with Crippen molar-refractivity contribution in [2.75, 3.05) is 26.2 Å². The van der Waals surface area contributed by atoms with E-state index in [2.05, 4.69) is 34.4 Å². The van der Waals surface area contributed by atoms with E-state index >= 15 is 0 Å². The molecular weight excluding hydrogens is 508 g/mol. The number of hydrogen-bond donors (Lipinski definition) is 2. The fourth-order valence-corrected chi connectivity index (χ4v) is 3.52. The standard InChI is InChI=1S/C23H32FN5O.HI/c1-3-12-29-13-10-20(11-14-29)28-23(25-4-2)27-17-18-8-9-22(26-16-18)30-21-7-5-6-19(24)15-21;/h5-9,15-16,20H,3-4,10-14,17H2,1-2H3,(H2,25,27,28);1H. The van der Waals surface area contributed by atoms with Crippen molar-refractivity contribution in [3.63, 3.8) is 0 Å². The number of hydrogen-bond acceptors (Lipinski definition) is 4. The molecule has 2 heterocycles. The van der Waals surface area contributed by atoms with Crippen LogP contribution in [0.25, 0.3) is 0 Å². The van der Waals surface area contributed by atoms with Crippen LogP contribution in [0.2, 0.25) is 0 Å². The molecule has 0 spiro atoms. The fraction of sp³-hybridized carbons (Fsp3) is 0.478. The van der Waals surface area contributed by atoms with Gasteiger partial charge in [0.25, 0.3) is 0 Å². The SMILES string of the molecule is CCCN1CCC(NC(=NCc2ccc(Oc3cccc(F)c3)nc2)NCC)CC1.I. The number of likely N-dealkylation sites (tertiary alicyclic amines) is 1. The summed E-state index contributed by atoms with van der Waals surface area (Å²) in [4.78, 5) is 11.5. The summed E-state index contributed by atoms with van der Waals surface area (Å²) in [5.74, 6) is 1.36. The number of piperidine rings is 1. The van der Waals surface area contributed by atoms with Gasteiger partial charge in [0.15, 0.2) is 5.96 Å². The number of ether oxygens (including phenoxy) is 1. The van der Waals surface area contributed by atoms with Crippen molar-refractivity contribution >= 4 is 29.9 Å². The Hall–Kier alpha value is -1.94. The van der Waals surface area contributed by atoms with E-state index in [1.807, 2.05) is 6.07 Å². The molecule has 170 valence electrons. The van der Waals surface area contributed by atoms with E-state index in [-0.39, 0.29) is 29.8 Å². The lowest BCUT2D eigenvalue weighted by Gasteiger charge is -2.32. The first kappa shape index (κ1) is 25.3. The molecule has 31 heavy (non-hydrogen) atoms. The summed E-state index contributed by atoms with van der Waals surface area (Å²) in [6, 6.07) is 10.2. The van der Waals surface area contributed by atoms with Gasteiger partial charge in [0, 0.05) is 44.0 Å². The maximum atomic E-state index is 13.3. The molecule has 3 rings (SSSR count). The molecule has 2 N–H and O–H groups in total. The van der Waals surface area contributed by atoms with Crippen molar-refractivity contribution in [2.24, 2.45) is 4.99 Å². The molecule has 1 aliphatic rings. The zero-order valence-electron chi connectivity index (χ0n) is 18.3. The van der Waals surface area contributed by atoms with Gasteiger partial charge in [0.2, 0.25) is 5.88 Å². The third-order valence-corrected chi connectivity index (χ3v) is 5.05. The highest BCUT2D eigenvalue weighted by Gasteiger charge is 2.19. The summed E-state index contributed by atoms with van der Waals surface area (Å²) >= 11 is 0. The van der Waals surface area contributed by atoms with Crippen LogP contribution in [0.5, 0.6) is 11.6 Å². The molecule has 0 atom stereocenters. The second kappa shape index (κ2) is 13.5. The average molecular weight is 541 g/mol. The highest BCUT2D eigenvalue weighted by atomic mass is 127. The van der Waals surface area contributed by atoms with Gasteiger partial charge in [-0.25, -0.2) is 14.4 Å². The van der Waals surface area contributed by atoms with E-state index < -0.39 is 0 Å². The molecule has 1 aliphatic heterocycles. The van der Waals surface area contributed by atoms with Crippen LogP contribution < -0.4 is 15.4 Å². The molecule has 0 bridgehead atoms. The lowest BCUT2D eigenvalue weighted by Crippen LogP contribution is -2.48. The van der Waals surface area contributed by atoms with E-state index in [1.54, 1.807) is 24.4 Å². The minimum absolute atomic E-state index is 0. The first-order chi connectivity index (χ1) is 14.7. The van der Waals surface area contributed by atoms with Crippen molar-refractivity contribution < 1.29 is 9.13 Å². The molecule has 1 aromatic heterocycles. The molecule has 1 saturated heterocycles. The number of rotatable bonds is 8. The van der Waals surface area contributed by atoms with Gasteiger partial charge in [-0.3, -0.25) is 0 Å². The Kier molecular flexibility index (Phi) is 11.0. The Morgan fingerprint density at radius 1 is 1.23 bits per heavy atom. The Bertz CT molecular complexity index is 810. The fourth-order valence-electron chi connectivity index (χ4n) is 3.52. The third-order valence-electron chi connectivity index (χ3n) is 5.05. The van der Waals surface area contributed by atoms with Crippen molar-refractivity contribution in [2.45, 2.75) is 45.7 Å². The number of nitrogens with zero attached hydrogens (tertiary/aromatic N) is 3. The van der Waals surface area contributed by atoms with E-state index in [9.17, 15) is 4.39 Å². The van der Waals surface area contributed by atoms with Gasteiger partial charge in [-0.1, -0.05) is 19.1 Å². The number of benzene rings is 1. The van der Waals surface area contributed by atoms with Crippen LogP contribution in [0.3, 0.4) is 0 Å². The van der Waals surface area contributed by atoms with Crippen LogP contribution in [0, 0.1) is 5.82 Å². The molecule has 0 saturated carbocycles. The second-order valence-electron chi connectivity index (χ2n) is 7.52. The minimum atomic E-state index is -0.335. The van der Waals surface area contributed by atoms with Gasteiger partial charge in [-0.05, 0) is 50.4 Å². The average Bonchev–Trinajstić information content (AvgIpc) is 2.75. The lowest BCUT2D eigenvalue weighted by atomic mass is 10.1. The molecule has 0 unspecified atom stereocenters. The van der Waals surface area contributed by atoms with E-state index in [1.165, 1.54) is 25.1 Å². The van der Waals surface area contributed by atoms with Gasteiger partial charge in [-0.2, -0.15) is 0 Å². The summed E-state index contributed by atoms with van der Waals surface area (Å²) in [5.41, 5.74) is 0.983. The molecule has 1 fully saturated rings. The third kappa shape index (κ3) is 8.60. The molecule has 6 nitrogen and oxygen atoms in total. The number of guanidine groups is 1. The van der Waals surface area contributed by atoms with Crippen LogP contribution in [0.15, 0.2) is 47.6 Å². The summed E-state index contributed by atoms with van der Waals surface area (Å²) < 4.78 is 18.9. The number of aliphatic imine (C=N–C) groups is 1. The summed E-state index contributed by atoms with van der Waals surface area (Å²) in [6.45, 7) is 9.11. The Morgan fingerprint density at radius 2 is 2.03 bits per heavy atom. The first-order valence-corrected chi connectivity index (χ1v) is 10.8. The molecule has 0 radical (unpaired) electrons. The molecular formula is C23H33FIN5O. The van der Waals surface area contributed by atoms with E-state index in [0.29, 0.717) is 24.2 Å². The largest absolute Gasteiger partial charge is 0.439 e. The summed E-state index contributed by atoms with van der Waals surface area (Å²) in [6.07, 6.45) is 5.23. The number of pyridine rings is 1. The Labute approximate surface area is 201 Å². The highest BCUT2D eigenvalue weighted by molar-refractivity contribution is 14.0. The van der Waals surface area contributed by atoms with Crippen LogP contribution in [-0.4, -0.2) is 48.1 Å². The van der Waals surface area contributed by atoms with Crippen LogP contribution in [-0.2, 0) is 6.54 Å². The first-order valence-electron chi connectivity index (χ1n) is 10.8. The zero-order valence-corrected chi connectivity index (χ0v) is 20.6. The molecule has 0 aliphatic carbocycles. The predicted octanol–water partition coefficient (Wildman–Crippen LogP) is 4.56. The van der Waals surface area contributed by atoms with Gasteiger partial charge < -0.3 is 20.3 Å². The highest BCUT2D eigenvalue weighted by Crippen LogP contribution is 2.20. The summed E-state index contributed by atoms with van der Waals surface area (Å²) in [5, 5.41) is 6.90. The molecule has 1 aromatic carbocycles. The topological polar surface area (TPSA) is 61.8 Å². The Balaban J connectivity index is 0.00000341. The van der Waals surface area contributed by atoms with Crippen LogP contribution >= 0.6 is 24.0 Å². The maximum Gasteiger partial charge on any atom is 0.219 e. The number of aromatic nitrogens is 1. The second-order valence-corrected chi connectivity index (χ2v) is 7.52. The molecule has 2 aromatic rings. The van der Waals surface area contributed by atoms with Crippen molar-refractivity contribution in [3.05, 3.63) is 54.0 Å². The van der Waals surface area contributed by atoms with E-state index in [4.69, 9.17) is 9.73 Å². The smallest absolute Gasteiger partial charge is 0.219 e. The lowest BCUT2D eigenvalue weighted by molar-refractivity contribution is 0.206. The van der Waals surface area contributed by atoms with Crippen molar-refractivity contribution in [3.8, 4) is 11.6 Å². The number of nitrogens with one attached hydrogen (secondary N) is 2.